The van der Waals surface area contributed by atoms with Gasteiger partial charge in [-0.1, -0.05) is 18.5 Å². The first-order valence-corrected chi connectivity index (χ1v) is 9.24. The van der Waals surface area contributed by atoms with Crippen molar-refractivity contribution < 1.29 is 9.18 Å². The molecule has 0 aliphatic carbocycles. The number of hydrogen-bond acceptors (Lipinski definition) is 4. The lowest BCUT2D eigenvalue weighted by atomic mass is 10.00. The van der Waals surface area contributed by atoms with Crippen LogP contribution in [-0.4, -0.2) is 28.5 Å². The second-order valence-electron chi connectivity index (χ2n) is 6.49. The molecule has 1 aliphatic heterocycles. The van der Waals surface area contributed by atoms with E-state index in [0.717, 1.165) is 31.6 Å². The van der Waals surface area contributed by atoms with Crippen LogP contribution in [0.15, 0.2) is 24.3 Å². The molecule has 1 fully saturated rings. The summed E-state index contributed by atoms with van der Waals surface area (Å²) in [5.41, 5.74) is 0.706. The van der Waals surface area contributed by atoms with Crippen molar-refractivity contribution in [2.75, 3.05) is 16.8 Å². The molecule has 138 valence electrons. The van der Waals surface area contributed by atoms with Crippen LogP contribution in [0, 0.1) is 12.7 Å². The maximum Gasteiger partial charge on any atom is 0.274 e. The van der Waals surface area contributed by atoms with Crippen LogP contribution in [0.5, 0.6) is 0 Å². The highest BCUT2D eigenvalue weighted by atomic mass is 35.5. The Balaban J connectivity index is 1.84. The lowest BCUT2D eigenvalue weighted by Gasteiger charge is -2.36. The molecule has 1 N–H and O–H groups in total. The van der Waals surface area contributed by atoms with Crippen LogP contribution in [0.25, 0.3) is 0 Å². The van der Waals surface area contributed by atoms with Gasteiger partial charge in [0.15, 0.2) is 0 Å². The molecule has 1 amide bonds. The van der Waals surface area contributed by atoms with Gasteiger partial charge in [-0.25, -0.2) is 14.4 Å². The van der Waals surface area contributed by atoms with Gasteiger partial charge in [-0.05, 0) is 50.8 Å². The quantitative estimate of drug-likeness (QED) is 0.847. The van der Waals surface area contributed by atoms with Gasteiger partial charge in [0.25, 0.3) is 5.91 Å². The van der Waals surface area contributed by atoms with E-state index in [2.05, 4.69) is 27.1 Å². The zero-order chi connectivity index (χ0) is 18.7. The molecule has 1 unspecified atom stereocenters. The number of carbonyl (C=O) groups excluding carboxylic acids is 1. The Morgan fingerprint density at radius 2 is 2.15 bits per heavy atom. The molecule has 3 rings (SSSR count). The maximum absolute atomic E-state index is 13.3. The number of halogens is 2. The monoisotopic (exact) mass is 376 g/mol. The molecule has 1 atom stereocenters. The summed E-state index contributed by atoms with van der Waals surface area (Å²) in [5, 5.41) is 2.67. The zero-order valence-corrected chi connectivity index (χ0v) is 15.7. The largest absolute Gasteiger partial charge is 0.354 e. The Bertz CT molecular complexity index is 814. The fraction of sp³-hybridized carbons (Fsp3) is 0.421. The van der Waals surface area contributed by atoms with Gasteiger partial charge in [0.2, 0.25) is 0 Å². The van der Waals surface area contributed by atoms with Crippen LogP contribution in [-0.2, 0) is 0 Å². The van der Waals surface area contributed by atoms with Crippen molar-refractivity contribution in [2.24, 2.45) is 0 Å². The minimum Gasteiger partial charge on any atom is -0.354 e. The molecule has 2 aromatic rings. The van der Waals surface area contributed by atoms with Crippen LogP contribution in [0.4, 0.5) is 15.9 Å². The fourth-order valence-electron chi connectivity index (χ4n) is 3.31. The summed E-state index contributed by atoms with van der Waals surface area (Å²) >= 11 is 5.77. The Hall–Kier alpha value is -2.21. The highest BCUT2D eigenvalue weighted by molar-refractivity contribution is 6.31. The number of aryl methyl sites for hydroxylation is 1. The highest BCUT2D eigenvalue weighted by Gasteiger charge is 2.23. The summed E-state index contributed by atoms with van der Waals surface area (Å²) in [7, 11) is 0. The van der Waals surface area contributed by atoms with Gasteiger partial charge < -0.3 is 10.2 Å². The van der Waals surface area contributed by atoms with Crippen LogP contribution in [0.2, 0.25) is 5.02 Å². The van der Waals surface area contributed by atoms with Crippen molar-refractivity contribution in [3.05, 3.63) is 46.6 Å². The second kappa shape index (κ2) is 7.99. The van der Waals surface area contributed by atoms with Crippen LogP contribution >= 0.6 is 11.6 Å². The topological polar surface area (TPSA) is 58.1 Å². The van der Waals surface area contributed by atoms with Crippen molar-refractivity contribution in [1.82, 2.24) is 9.97 Å². The molecular weight excluding hydrogens is 355 g/mol. The van der Waals surface area contributed by atoms with Crippen molar-refractivity contribution in [2.45, 2.75) is 45.6 Å². The molecule has 0 radical (unpaired) electrons. The van der Waals surface area contributed by atoms with Crippen molar-refractivity contribution in [1.29, 1.82) is 0 Å². The normalized spacial score (nSPS) is 17.2. The van der Waals surface area contributed by atoms with Gasteiger partial charge in [0, 0.05) is 24.3 Å². The molecule has 1 aromatic carbocycles. The van der Waals surface area contributed by atoms with E-state index in [1.807, 2.05) is 0 Å². The smallest absolute Gasteiger partial charge is 0.274 e. The lowest BCUT2D eigenvalue weighted by molar-refractivity contribution is 0.102. The van der Waals surface area contributed by atoms with Crippen LogP contribution in [0.1, 0.15) is 48.9 Å². The zero-order valence-electron chi connectivity index (χ0n) is 14.9. The number of hydrogen-bond donors (Lipinski definition) is 1. The van der Waals surface area contributed by atoms with Crippen molar-refractivity contribution in [3.8, 4) is 0 Å². The van der Waals surface area contributed by atoms with Crippen LogP contribution in [0.3, 0.4) is 0 Å². The molecule has 0 saturated carbocycles. The minimum absolute atomic E-state index is 0.0403. The van der Waals surface area contributed by atoms with E-state index in [0.29, 0.717) is 17.6 Å². The average molecular weight is 377 g/mol. The highest BCUT2D eigenvalue weighted by Crippen LogP contribution is 2.26. The van der Waals surface area contributed by atoms with Crippen LogP contribution < -0.4 is 10.2 Å². The first-order valence-electron chi connectivity index (χ1n) is 8.86. The fourth-order valence-corrected chi connectivity index (χ4v) is 3.49. The summed E-state index contributed by atoms with van der Waals surface area (Å²) in [5.74, 6) is 0.432. The number of rotatable bonds is 4. The second-order valence-corrected chi connectivity index (χ2v) is 6.90. The number of carbonyl (C=O) groups is 1. The standard InChI is InChI=1S/C19H22ClFN4O/c1-3-14-6-4-5-9-25(14)18-11-17(22-12(2)23-18)19(26)24-13-7-8-16(21)15(20)10-13/h7-8,10-11,14H,3-6,9H2,1-2H3,(H,24,26). The number of anilines is 2. The third-order valence-corrected chi connectivity index (χ3v) is 4.92. The Kier molecular flexibility index (Phi) is 5.71. The number of nitrogens with zero attached hydrogens (tertiary/aromatic N) is 3. The van der Waals surface area contributed by atoms with Gasteiger partial charge in [-0.15, -0.1) is 0 Å². The Labute approximate surface area is 157 Å². The summed E-state index contributed by atoms with van der Waals surface area (Å²) in [6.07, 6.45) is 4.51. The Morgan fingerprint density at radius 1 is 1.35 bits per heavy atom. The van der Waals surface area contributed by atoms with E-state index in [1.165, 1.54) is 24.6 Å². The van der Waals surface area contributed by atoms with Crippen molar-refractivity contribution in [3.63, 3.8) is 0 Å². The lowest BCUT2D eigenvalue weighted by Crippen LogP contribution is -2.40. The number of benzene rings is 1. The number of nitrogens with one attached hydrogen (secondary N) is 1. The minimum atomic E-state index is -0.527. The van der Waals surface area contributed by atoms with Gasteiger partial charge in [-0.3, -0.25) is 4.79 Å². The van der Waals surface area contributed by atoms with E-state index < -0.39 is 5.82 Å². The van der Waals surface area contributed by atoms with Gasteiger partial charge in [0.1, 0.15) is 23.2 Å². The predicted octanol–water partition coefficient (Wildman–Crippen LogP) is 4.60. The third-order valence-electron chi connectivity index (χ3n) is 4.63. The molecule has 5 nitrogen and oxygen atoms in total. The van der Waals surface area contributed by atoms with E-state index >= 15 is 0 Å². The Morgan fingerprint density at radius 3 is 2.88 bits per heavy atom. The van der Waals surface area contributed by atoms with Gasteiger partial charge >= 0.3 is 0 Å². The average Bonchev–Trinajstić information content (AvgIpc) is 2.64. The summed E-state index contributed by atoms with van der Waals surface area (Å²) in [6.45, 7) is 4.88. The van der Waals surface area contributed by atoms with Crippen molar-refractivity contribution >= 4 is 29.0 Å². The molecule has 1 aliphatic rings. The molecule has 0 bridgehead atoms. The number of aromatic nitrogens is 2. The maximum atomic E-state index is 13.3. The van der Waals surface area contributed by atoms with E-state index in [-0.39, 0.29) is 16.6 Å². The van der Waals surface area contributed by atoms with E-state index in [4.69, 9.17) is 11.6 Å². The van der Waals surface area contributed by atoms with Gasteiger partial charge in [0.05, 0.1) is 5.02 Å². The molecule has 2 heterocycles. The molecule has 7 heteroatoms. The molecule has 1 aromatic heterocycles. The van der Waals surface area contributed by atoms with E-state index in [9.17, 15) is 9.18 Å². The first-order chi connectivity index (χ1) is 12.5. The predicted molar refractivity (Wildman–Crippen MR) is 101 cm³/mol. The number of amides is 1. The molecule has 26 heavy (non-hydrogen) atoms. The summed E-state index contributed by atoms with van der Waals surface area (Å²) in [4.78, 5) is 23.7. The van der Waals surface area contributed by atoms with Gasteiger partial charge in [-0.2, -0.15) is 0 Å². The summed E-state index contributed by atoms with van der Waals surface area (Å²) in [6, 6.07) is 6.22. The van der Waals surface area contributed by atoms with E-state index in [1.54, 1.807) is 13.0 Å². The molecule has 0 spiro atoms. The first kappa shape index (κ1) is 18.6. The summed E-state index contributed by atoms with van der Waals surface area (Å²) < 4.78 is 13.3. The molecular formula is C19H22ClFN4O. The number of piperidine rings is 1. The SMILES string of the molecule is CCC1CCCCN1c1cc(C(=O)Nc2ccc(F)c(Cl)c2)nc(C)n1. The molecule has 1 saturated heterocycles. The third kappa shape index (κ3) is 4.12.